The van der Waals surface area contributed by atoms with E-state index >= 15 is 0 Å². The molecule has 6 heteroatoms. The first-order valence-electron chi connectivity index (χ1n) is 6.80. The number of hydrogen-bond acceptors (Lipinski definition) is 5. The van der Waals surface area contributed by atoms with E-state index in [9.17, 15) is 0 Å². The summed E-state index contributed by atoms with van der Waals surface area (Å²) in [5.41, 5.74) is 4.68. The predicted octanol–water partition coefficient (Wildman–Crippen LogP) is 2.63. The highest BCUT2D eigenvalue weighted by Crippen LogP contribution is 2.34. The third-order valence-corrected chi connectivity index (χ3v) is 4.37. The molecule has 0 fully saturated rings. The Balaban J connectivity index is 1.89. The zero-order chi connectivity index (χ0) is 13.9. The molecule has 0 radical (unpaired) electrons. The molecule has 1 aromatic heterocycles. The zero-order valence-corrected chi connectivity index (χ0v) is 12.5. The molecule has 5 nitrogen and oxygen atoms in total. The van der Waals surface area contributed by atoms with Crippen molar-refractivity contribution in [3.05, 3.63) is 35.7 Å². The summed E-state index contributed by atoms with van der Waals surface area (Å²) in [6.07, 6.45) is 1.99. The number of nitrogens with zero attached hydrogens (tertiary/aromatic N) is 3. The molecule has 0 saturated heterocycles. The van der Waals surface area contributed by atoms with Gasteiger partial charge in [-0.3, -0.25) is 0 Å². The average molecular weight is 290 g/mol. The lowest BCUT2D eigenvalue weighted by atomic mass is 10.1. The normalized spacial score (nSPS) is 17.4. The van der Waals surface area contributed by atoms with Crippen molar-refractivity contribution in [3.8, 4) is 5.75 Å². The van der Waals surface area contributed by atoms with Crippen molar-refractivity contribution in [2.75, 3.05) is 18.3 Å². The van der Waals surface area contributed by atoms with E-state index in [0.717, 1.165) is 35.3 Å². The molecule has 2 aromatic rings. The van der Waals surface area contributed by atoms with Crippen LogP contribution in [0, 0.1) is 0 Å². The first-order chi connectivity index (χ1) is 9.83. The predicted molar refractivity (Wildman–Crippen MR) is 79.8 cm³/mol. The second-order valence-corrected chi connectivity index (χ2v) is 5.71. The number of methoxy groups -OCH3 is 1. The number of para-hydroxylation sites is 1. The van der Waals surface area contributed by atoms with Crippen molar-refractivity contribution in [3.63, 3.8) is 0 Å². The largest absolute Gasteiger partial charge is 0.496 e. The second-order valence-electron chi connectivity index (χ2n) is 4.72. The lowest BCUT2D eigenvalue weighted by Gasteiger charge is -2.27. The molecule has 3 rings (SSSR count). The molecule has 0 saturated carbocycles. The smallest absolute Gasteiger partial charge is 0.210 e. The monoisotopic (exact) mass is 290 g/mol. The second kappa shape index (κ2) is 5.75. The minimum Gasteiger partial charge on any atom is -0.496 e. The van der Waals surface area contributed by atoms with Gasteiger partial charge in [-0.25, -0.2) is 4.68 Å². The molecule has 106 valence electrons. The van der Waals surface area contributed by atoms with E-state index < -0.39 is 0 Å². The minimum atomic E-state index is 0.204. The van der Waals surface area contributed by atoms with Crippen LogP contribution in [0.15, 0.2) is 29.4 Å². The summed E-state index contributed by atoms with van der Waals surface area (Å²) in [5.74, 6) is 2.83. The molecule has 20 heavy (non-hydrogen) atoms. The summed E-state index contributed by atoms with van der Waals surface area (Å²) in [6, 6.07) is 8.33. The Bertz CT molecular complexity index is 599. The maximum atomic E-state index is 5.46. The highest BCUT2D eigenvalue weighted by molar-refractivity contribution is 7.99. The van der Waals surface area contributed by atoms with Gasteiger partial charge in [0, 0.05) is 17.7 Å². The molecule has 0 aliphatic carbocycles. The van der Waals surface area contributed by atoms with Crippen LogP contribution in [0.25, 0.3) is 0 Å². The van der Waals surface area contributed by atoms with Gasteiger partial charge >= 0.3 is 0 Å². The molecule has 1 aliphatic heterocycles. The van der Waals surface area contributed by atoms with Crippen molar-refractivity contribution in [2.24, 2.45) is 0 Å². The van der Waals surface area contributed by atoms with Gasteiger partial charge in [-0.15, -0.1) is 10.2 Å². The van der Waals surface area contributed by atoms with E-state index in [-0.39, 0.29) is 6.04 Å². The van der Waals surface area contributed by atoms with Crippen LogP contribution in [-0.4, -0.2) is 27.7 Å². The Morgan fingerprint density at radius 3 is 3.05 bits per heavy atom. The topological polar surface area (TPSA) is 52.0 Å². The van der Waals surface area contributed by atoms with Gasteiger partial charge in [0.05, 0.1) is 13.2 Å². The maximum absolute atomic E-state index is 5.46. The Morgan fingerprint density at radius 1 is 1.40 bits per heavy atom. The lowest BCUT2D eigenvalue weighted by Crippen LogP contribution is -2.29. The Hall–Kier alpha value is -1.69. The van der Waals surface area contributed by atoms with Gasteiger partial charge in [0.1, 0.15) is 5.75 Å². The fourth-order valence-electron chi connectivity index (χ4n) is 2.37. The van der Waals surface area contributed by atoms with E-state index in [1.807, 2.05) is 22.9 Å². The van der Waals surface area contributed by atoms with Crippen molar-refractivity contribution >= 4 is 11.8 Å². The number of nitrogens with one attached hydrogen (secondary N) is 1. The van der Waals surface area contributed by atoms with Crippen LogP contribution in [0.2, 0.25) is 0 Å². The molecule has 0 bridgehead atoms. The SMILES string of the molecule is CCCc1nnc2n1NC(c1ccccc1OC)CS2. The van der Waals surface area contributed by atoms with Crippen LogP contribution in [-0.2, 0) is 6.42 Å². The third kappa shape index (κ3) is 2.35. The maximum Gasteiger partial charge on any atom is 0.210 e. The van der Waals surface area contributed by atoms with Crippen LogP contribution >= 0.6 is 11.8 Å². The first kappa shape index (κ1) is 13.3. The van der Waals surface area contributed by atoms with Gasteiger partial charge in [0.15, 0.2) is 5.82 Å². The van der Waals surface area contributed by atoms with E-state index in [1.54, 1.807) is 18.9 Å². The van der Waals surface area contributed by atoms with Crippen LogP contribution < -0.4 is 10.2 Å². The van der Waals surface area contributed by atoms with Gasteiger partial charge < -0.3 is 10.2 Å². The number of benzene rings is 1. The van der Waals surface area contributed by atoms with Gasteiger partial charge in [-0.1, -0.05) is 36.9 Å². The molecule has 1 N–H and O–H groups in total. The summed E-state index contributed by atoms with van der Waals surface area (Å²) in [6.45, 7) is 2.15. The zero-order valence-electron chi connectivity index (χ0n) is 11.7. The number of aryl methyl sites for hydroxylation is 1. The lowest BCUT2D eigenvalue weighted by molar-refractivity contribution is 0.406. The van der Waals surface area contributed by atoms with Gasteiger partial charge in [0.25, 0.3) is 0 Å². The third-order valence-electron chi connectivity index (χ3n) is 3.35. The summed E-state index contributed by atoms with van der Waals surface area (Å²) < 4.78 is 7.48. The number of hydrogen-bond donors (Lipinski definition) is 1. The number of fused-ring (bicyclic) bond motifs is 1. The molecule has 1 atom stereocenters. The van der Waals surface area contributed by atoms with E-state index in [4.69, 9.17) is 4.74 Å². The summed E-state index contributed by atoms with van der Waals surface area (Å²) in [7, 11) is 1.71. The number of ether oxygens (including phenoxy) is 1. The van der Waals surface area contributed by atoms with E-state index in [1.165, 1.54) is 5.56 Å². The molecular formula is C14H18N4OS. The standard InChI is InChI=1S/C14H18N4OS/c1-3-6-13-15-16-14-18(13)17-11(9-20-14)10-7-4-5-8-12(10)19-2/h4-5,7-8,11,17H,3,6,9H2,1-2H3. The van der Waals surface area contributed by atoms with Crippen LogP contribution in [0.3, 0.4) is 0 Å². The molecule has 1 unspecified atom stereocenters. The van der Waals surface area contributed by atoms with Gasteiger partial charge in [-0.2, -0.15) is 0 Å². The molecule has 1 aromatic carbocycles. The fourth-order valence-corrected chi connectivity index (χ4v) is 3.33. The Morgan fingerprint density at radius 2 is 2.25 bits per heavy atom. The van der Waals surface area contributed by atoms with E-state index in [2.05, 4.69) is 28.6 Å². The van der Waals surface area contributed by atoms with Crippen LogP contribution in [0.5, 0.6) is 5.75 Å². The summed E-state index contributed by atoms with van der Waals surface area (Å²) in [4.78, 5) is 0. The van der Waals surface area contributed by atoms with E-state index in [0.29, 0.717) is 0 Å². The first-order valence-corrected chi connectivity index (χ1v) is 7.78. The summed E-state index contributed by atoms with van der Waals surface area (Å²) >= 11 is 1.73. The average Bonchev–Trinajstić information content (AvgIpc) is 2.90. The highest BCUT2D eigenvalue weighted by Gasteiger charge is 2.25. The fraction of sp³-hybridized carbons (Fsp3) is 0.429. The molecule has 0 spiro atoms. The van der Waals surface area contributed by atoms with Crippen molar-refractivity contribution in [2.45, 2.75) is 31.0 Å². The van der Waals surface area contributed by atoms with Crippen molar-refractivity contribution in [1.82, 2.24) is 14.9 Å². The Kier molecular flexibility index (Phi) is 3.82. The highest BCUT2D eigenvalue weighted by atomic mass is 32.2. The molecular weight excluding hydrogens is 272 g/mol. The van der Waals surface area contributed by atoms with Gasteiger partial charge in [0.2, 0.25) is 5.16 Å². The minimum absolute atomic E-state index is 0.204. The quantitative estimate of drug-likeness (QED) is 0.938. The molecule has 0 amide bonds. The van der Waals surface area contributed by atoms with Crippen LogP contribution in [0.1, 0.15) is 30.8 Å². The Labute approximate surface area is 122 Å². The molecule has 1 aliphatic rings. The molecule has 2 heterocycles. The number of aromatic nitrogens is 3. The van der Waals surface area contributed by atoms with Gasteiger partial charge in [-0.05, 0) is 12.5 Å². The summed E-state index contributed by atoms with van der Waals surface area (Å²) in [5, 5.41) is 9.43. The van der Waals surface area contributed by atoms with Crippen molar-refractivity contribution in [1.29, 1.82) is 0 Å². The van der Waals surface area contributed by atoms with Crippen molar-refractivity contribution < 1.29 is 4.74 Å². The van der Waals surface area contributed by atoms with Crippen LogP contribution in [0.4, 0.5) is 0 Å². The number of rotatable bonds is 4. The number of thioether (sulfide) groups is 1.